The summed E-state index contributed by atoms with van der Waals surface area (Å²) in [5.74, 6) is -1.14. The highest BCUT2D eigenvalue weighted by molar-refractivity contribution is 9.10. The van der Waals surface area contributed by atoms with Gasteiger partial charge in [-0.05, 0) is 47.0 Å². The van der Waals surface area contributed by atoms with Crippen LogP contribution < -0.4 is 5.32 Å². The summed E-state index contributed by atoms with van der Waals surface area (Å²) in [4.78, 5) is 23.3. The van der Waals surface area contributed by atoms with Crippen molar-refractivity contribution >= 4 is 39.4 Å². The molecule has 2 N–H and O–H groups in total. The zero-order valence-electron chi connectivity index (χ0n) is 10.8. The van der Waals surface area contributed by atoms with E-state index >= 15 is 0 Å². The number of halogens is 2. The van der Waals surface area contributed by atoms with Crippen LogP contribution in [0.3, 0.4) is 0 Å². The van der Waals surface area contributed by atoms with Gasteiger partial charge in [-0.1, -0.05) is 24.4 Å². The number of carboxylic acid groups (broad SMARTS) is 1. The molecule has 0 radical (unpaired) electrons. The van der Waals surface area contributed by atoms with Gasteiger partial charge >= 0.3 is 5.97 Å². The molecule has 20 heavy (non-hydrogen) atoms. The molecule has 0 atom stereocenters. The van der Waals surface area contributed by atoms with Crippen LogP contribution in [-0.2, 0) is 4.79 Å². The van der Waals surface area contributed by atoms with Crippen molar-refractivity contribution in [1.29, 1.82) is 0 Å². The number of rotatable bonds is 4. The molecule has 0 spiro atoms. The predicted octanol–water partition coefficient (Wildman–Crippen LogP) is 3.62. The Morgan fingerprint density at radius 3 is 2.55 bits per heavy atom. The van der Waals surface area contributed by atoms with Crippen molar-refractivity contribution in [3.8, 4) is 0 Å². The Bertz CT molecular complexity index is 541. The number of hydrogen-bond acceptors (Lipinski definition) is 2. The smallest absolute Gasteiger partial charge is 0.305 e. The predicted molar refractivity (Wildman–Crippen MR) is 80.1 cm³/mol. The fourth-order valence-electron chi connectivity index (χ4n) is 2.64. The molecule has 1 amide bonds. The van der Waals surface area contributed by atoms with E-state index in [2.05, 4.69) is 21.2 Å². The van der Waals surface area contributed by atoms with Gasteiger partial charge in [0.1, 0.15) is 0 Å². The van der Waals surface area contributed by atoms with Gasteiger partial charge in [-0.15, -0.1) is 0 Å². The molecular weight excluding hydrogens is 346 g/mol. The molecule has 0 unspecified atom stereocenters. The van der Waals surface area contributed by atoms with Gasteiger partial charge < -0.3 is 10.4 Å². The molecule has 0 saturated heterocycles. The quantitative estimate of drug-likeness (QED) is 0.862. The van der Waals surface area contributed by atoms with Crippen molar-refractivity contribution < 1.29 is 14.7 Å². The molecule has 1 saturated carbocycles. The van der Waals surface area contributed by atoms with E-state index in [9.17, 15) is 9.59 Å². The van der Waals surface area contributed by atoms with E-state index in [1.807, 2.05) is 0 Å². The summed E-state index contributed by atoms with van der Waals surface area (Å²) in [5.41, 5.74) is -0.146. The third-order valence-corrected chi connectivity index (χ3v) is 4.82. The van der Waals surface area contributed by atoms with E-state index in [1.54, 1.807) is 18.2 Å². The van der Waals surface area contributed by atoms with Crippen LogP contribution in [0.5, 0.6) is 0 Å². The van der Waals surface area contributed by atoms with Crippen molar-refractivity contribution in [3.05, 3.63) is 33.3 Å². The minimum absolute atomic E-state index is 0.0342. The molecule has 1 aliphatic carbocycles. The zero-order chi connectivity index (χ0) is 14.8. The van der Waals surface area contributed by atoms with Gasteiger partial charge in [0.2, 0.25) is 0 Å². The van der Waals surface area contributed by atoms with E-state index in [0.717, 1.165) is 12.8 Å². The van der Waals surface area contributed by atoms with Crippen molar-refractivity contribution in [2.24, 2.45) is 0 Å². The first-order chi connectivity index (χ1) is 9.42. The highest BCUT2D eigenvalue weighted by Crippen LogP contribution is 2.33. The van der Waals surface area contributed by atoms with Crippen LogP contribution in [0.25, 0.3) is 0 Å². The molecule has 108 valence electrons. The van der Waals surface area contributed by atoms with Gasteiger partial charge in [-0.2, -0.15) is 0 Å². The van der Waals surface area contributed by atoms with Crippen LogP contribution >= 0.6 is 27.5 Å². The SMILES string of the molecule is O=C(O)CC1(NC(=O)c2ccc(Cl)c(Br)c2)CCCC1. The number of hydrogen-bond donors (Lipinski definition) is 2. The summed E-state index contributed by atoms with van der Waals surface area (Å²) in [6.07, 6.45) is 3.27. The van der Waals surface area contributed by atoms with Gasteiger partial charge in [0.15, 0.2) is 0 Å². The average molecular weight is 361 g/mol. The molecule has 0 heterocycles. The molecule has 6 heteroatoms. The molecule has 0 aliphatic heterocycles. The van der Waals surface area contributed by atoms with Crippen molar-refractivity contribution in [2.75, 3.05) is 0 Å². The Balaban J connectivity index is 2.16. The average Bonchev–Trinajstić information content (AvgIpc) is 2.79. The molecular formula is C14H15BrClNO3. The van der Waals surface area contributed by atoms with Crippen LogP contribution in [0.15, 0.2) is 22.7 Å². The largest absolute Gasteiger partial charge is 0.481 e. The summed E-state index contributed by atoms with van der Waals surface area (Å²) < 4.78 is 0.644. The monoisotopic (exact) mass is 359 g/mol. The molecule has 1 aromatic carbocycles. The van der Waals surface area contributed by atoms with E-state index in [1.165, 1.54) is 0 Å². The van der Waals surface area contributed by atoms with Crippen LogP contribution in [-0.4, -0.2) is 22.5 Å². The normalized spacial score (nSPS) is 16.9. The second kappa shape index (κ2) is 6.14. The molecule has 1 aromatic rings. The molecule has 1 aliphatic rings. The van der Waals surface area contributed by atoms with Crippen LogP contribution in [0.1, 0.15) is 42.5 Å². The highest BCUT2D eigenvalue weighted by Gasteiger charge is 2.37. The zero-order valence-corrected chi connectivity index (χ0v) is 13.1. The number of benzene rings is 1. The maximum absolute atomic E-state index is 12.3. The van der Waals surface area contributed by atoms with E-state index in [4.69, 9.17) is 16.7 Å². The Morgan fingerprint density at radius 1 is 1.35 bits per heavy atom. The molecule has 0 aromatic heterocycles. The van der Waals surface area contributed by atoms with Gasteiger partial charge in [0.25, 0.3) is 5.91 Å². The lowest BCUT2D eigenvalue weighted by Gasteiger charge is -2.28. The lowest BCUT2D eigenvalue weighted by Crippen LogP contribution is -2.47. The summed E-state index contributed by atoms with van der Waals surface area (Å²) in [6, 6.07) is 4.91. The fraction of sp³-hybridized carbons (Fsp3) is 0.429. The first kappa shape index (κ1) is 15.3. The topological polar surface area (TPSA) is 66.4 Å². The summed E-state index contributed by atoms with van der Waals surface area (Å²) in [7, 11) is 0. The fourth-order valence-corrected chi connectivity index (χ4v) is 3.13. The third-order valence-electron chi connectivity index (χ3n) is 3.61. The second-order valence-electron chi connectivity index (χ2n) is 5.14. The number of amides is 1. The lowest BCUT2D eigenvalue weighted by atomic mass is 9.92. The number of nitrogens with one attached hydrogen (secondary N) is 1. The maximum Gasteiger partial charge on any atom is 0.305 e. The van der Waals surface area contributed by atoms with Crippen molar-refractivity contribution in [2.45, 2.75) is 37.6 Å². The van der Waals surface area contributed by atoms with Crippen LogP contribution in [0.2, 0.25) is 5.02 Å². The first-order valence-electron chi connectivity index (χ1n) is 6.41. The Kier molecular flexibility index (Phi) is 4.70. The van der Waals surface area contributed by atoms with Crippen molar-refractivity contribution in [3.63, 3.8) is 0 Å². The lowest BCUT2D eigenvalue weighted by molar-refractivity contribution is -0.138. The number of carboxylic acids is 1. The van der Waals surface area contributed by atoms with E-state index in [-0.39, 0.29) is 12.3 Å². The van der Waals surface area contributed by atoms with Crippen LogP contribution in [0.4, 0.5) is 0 Å². The molecule has 1 fully saturated rings. The standard InChI is InChI=1S/C14H15BrClNO3/c15-10-7-9(3-4-11(10)16)13(20)17-14(8-12(18)19)5-1-2-6-14/h3-4,7H,1-2,5-6,8H2,(H,17,20)(H,18,19). The Labute approximate surface area is 130 Å². The molecule has 0 bridgehead atoms. The third kappa shape index (κ3) is 3.52. The Hall–Kier alpha value is -1.07. The minimum atomic E-state index is -0.885. The van der Waals surface area contributed by atoms with E-state index < -0.39 is 11.5 Å². The van der Waals surface area contributed by atoms with Gasteiger partial charge in [-0.3, -0.25) is 9.59 Å². The number of carbonyl (C=O) groups excluding carboxylic acids is 1. The van der Waals surface area contributed by atoms with Crippen LogP contribution in [0, 0.1) is 0 Å². The van der Waals surface area contributed by atoms with E-state index in [0.29, 0.717) is 27.9 Å². The van der Waals surface area contributed by atoms with Gasteiger partial charge in [0, 0.05) is 10.0 Å². The molecule has 4 nitrogen and oxygen atoms in total. The number of aliphatic carboxylic acids is 1. The Morgan fingerprint density at radius 2 is 2.00 bits per heavy atom. The van der Waals surface area contributed by atoms with Gasteiger partial charge in [0.05, 0.1) is 17.0 Å². The summed E-state index contributed by atoms with van der Waals surface area (Å²) >= 11 is 9.17. The van der Waals surface area contributed by atoms with Crippen molar-refractivity contribution in [1.82, 2.24) is 5.32 Å². The summed E-state index contributed by atoms with van der Waals surface area (Å²) in [6.45, 7) is 0. The minimum Gasteiger partial charge on any atom is -0.481 e. The highest BCUT2D eigenvalue weighted by atomic mass is 79.9. The molecule has 2 rings (SSSR count). The van der Waals surface area contributed by atoms with Gasteiger partial charge in [-0.25, -0.2) is 0 Å². The first-order valence-corrected chi connectivity index (χ1v) is 7.58. The summed E-state index contributed by atoms with van der Waals surface area (Å²) in [5, 5.41) is 12.5. The maximum atomic E-state index is 12.3. The number of carbonyl (C=O) groups is 2. The second-order valence-corrected chi connectivity index (χ2v) is 6.40.